The second-order valence-corrected chi connectivity index (χ2v) is 8.48. The Balaban J connectivity index is 1.14. The van der Waals surface area contributed by atoms with Gasteiger partial charge >= 0.3 is 0 Å². The van der Waals surface area contributed by atoms with E-state index in [9.17, 15) is 4.79 Å². The van der Waals surface area contributed by atoms with Crippen LogP contribution in [0.15, 0.2) is 46.5 Å². The molecule has 2 fully saturated rings. The lowest BCUT2D eigenvalue weighted by molar-refractivity contribution is -0.119. The number of nitrogens with zero attached hydrogens (tertiary/aromatic N) is 2. The first-order valence-corrected chi connectivity index (χ1v) is 10.3. The number of fused-ring (bicyclic) bond motifs is 1. The maximum atomic E-state index is 12.5. The van der Waals surface area contributed by atoms with E-state index in [1.807, 2.05) is 25.1 Å². The van der Waals surface area contributed by atoms with E-state index < -0.39 is 0 Å². The molecule has 152 valence electrons. The van der Waals surface area contributed by atoms with Gasteiger partial charge in [-0.15, -0.1) is 0 Å². The van der Waals surface area contributed by atoms with Gasteiger partial charge in [0.2, 0.25) is 0 Å². The first-order chi connectivity index (χ1) is 14.0. The molecule has 3 aliphatic rings. The molecule has 0 radical (unpaired) electrons. The minimum atomic E-state index is -0.245. The van der Waals surface area contributed by atoms with E-state index >= 15 is 0 Å². The van der Waals surface area contributed by atoms with Crippen molar-refractivity contribution in [2.24, 2.45) is 5.41 Å². The largest absolute Gasteiger partial charge is 0.423 e. The van der Waals surface area contributed by atoms with Crippen LogP contribution in [0.25, 0.3) is 11.1 Å². The smallest absolute Gasteiger partial charge is 0.298 e. The second-order valence-electron chi connectivity index (χ2n) is 8.04. The second kappa shape index (κ2) is 7.07. The van der Waals surface area contributed by atoms with Crippen molar-refractivity contribution in [3.8, 4) is 0 Å². The van der Waals surface area contributed by atoms with E-state index in [4.69, 9.17) is 20.8 Å². The number of dihydropyridines is 1. The zero-order valence-electron chi connectivity index (χ0n) is 16.2. The van der Waals surface area contributed by atoms with Crippen LogP contribution < -0.4 is 15.5 Å². The van der Waals surface area contributed by atoms with E-state index in [0.29, 0.717) is 23.2 Å². The Kier molecular flexibility index (Phi) is 4.52. The third-order valence-electron chi connectivity index (χ3n) is 5.82. The number of rotatable bonds is 5. The molecule has 1 saturated heterocycles. The number of ether oxygens (including phenoxy) is 1. The summed E-state index contributed by atoms with van der Waals surface area (Å²) in [6.45, 7) is 4.32. The Hall–Kier alpha value is -2.51. The molecule has 1 atom stereocenters. The van der Waals surface area contributed by atoms with Crippen LogP contribution in [0.3, 0.4) is 0 Å². The molecular weight excluding hydrogens is 392 g/mol. The molecule has 1 aromatic heterocycles. The highest BCUT2D eigenvalue weighted by atomic mass is 35.5. The highest BCUT2D eigenvalue weighted by Crippen LogP contribution is 2.49. The molecule has 3 heterocycles. The van der Waals surface area contributed by atoms with Crippen LogP contribution in [0, 0.1) is 5.41 Å². The maximum Gasteiger partial charge on any atom is 0.298 e. The average Bonchev–Trinajstić information content (AvgIpc) is 3.05. The van der Waals surface area contributed by atoms with Gasteiger partial charge in [-0.05, 0) is 56.3 Å². The van der Waals surface area contributed by atoms with Crippen LogP contribution >= 0.6 is 11.6 Å². The van der Waals surface area contributed by atoms with Crippen molar-refractivity contribution in [2.45, 2.75) is 32.0 Å². The SMILES string of the molecule is CCOC1C=C(C(=O)NC2CC3(C2)CN(c2nc4cc(Cl)ccc4o2)C3)C=CN1. The van der Waals surface area contributed by atoms with Gasteiger partial charge in [0.05, 0.1) is 0 Å². The minimum Gasteiger partial charge on any atom is -0.423 e. The fraction of sp³-hybridized carbons (Fsp3) is 0.429. The molecule has 1 spiro atoms. The summed E-state index contributed by atoms with van der Waals surface area (Å²) in [7, 11) is 0. The summed E-state index contributed by atoms with van der Waals surface area (Å²) in [6, 6.07) is 6.32. The number of carbonyl (C=O) groups is 1. The van der Waals surface area contributed by atoms with Crippen molar-refractivity contribution >= 4 is 34.6 Å². The topological polar surface area (TPSA) is 79.6 Å². The van der Waals surface area contributed by atoms with Gasteiger partial charge in [-0.2, -0.15) is 4.98 Å². The van der Waals surface area contributed by atoms with Gasteiger partial charge in [-0.25, -0.2) is 0 Å². The average molecular weight is 415 g/mol. The molecule has 5 rings (SSSR count). The predicted molar refractivity (Wildman–Crippen MR) is 111 cm³/mol. The normalized spacial score (nSPS) is 22.8. The molecule has 1 aromatic carbocycles. The van der Waals surface area contributed by atoms with Crippen molar-refractivity contribution in [3.05, 3.63) is 47.1 Å². The maximum absolute atomic E-state index is 12.5. The van der Waals surface area contributed by atoms with E-state index in [-0.39, 0.29) is 23.6 Å². The fourth-order valence-corrected chi connectivity index (χ4v) is 4.63. The third-order valence-corrected chi connectivity index (χ3v) is 6.05. The number of benzene rings is 1. The quantitative estimate of drug-likeness (QED) is 0.783. The Labute approximate surface area is 173 Å². The van der Waals surface area contributed by atoms with Gasteiger partial charge in [0.15, 0.2) is 5.58 Å². The van der Waals surface area contributed by atoms with Gasteiger partial charge in [-0.3, -0.25) is 4.79 Å². The molecule has 2 aromatic rings. The first-order valence-electron chi connectivity index (χ1n) is 9.91. The summed E-state index contributed by atoms with van der Waals surface area (Å²) in [5, 5.41) is 6.86. The minimum absolute atomic E-state index is 0.0423. The molecule has 2 N–H and O–H groups in total. The Bertz CT molecular complexity index is 1000. The summed E-state index contributed by atoms with van der Waals surface area (Å²) in [6.07, 6.45) is 7.07. The predicted octanol–water partition coefficient (Wildman–Crippen LogP) is 2.97. The molecule has 29 heavy (non-hydrogen) atoms. The van der Waals surface area contributed by atoms with Crippen LogP contribution in [-0.4, -0.2) is 42.9 Å². The molecule has 1 unspecified atom stereocenters. The summed E-state index contributed by atoms with van der Waals surface area (Å²) < 4.78 is 11.3. The number of nitrogens with one attached hydrogen (secondary N) is 2. The van der Waals surface area contributed by atoms with Crippen molar-refractivity contribution in [1.29, 1.82) is 0 Å². The number of hydrogen-bond donors (Lipinski definition) is 2. The van der Waals surface area contributed by atoms with Crippen molar-refractivity contribution in [3.63, 3.8) is 0 Å². The Morgan fingerprint density at radius 3 is 3.07 bits per heavy atom. The van der Waals surface area contributed by atoms with Crippen molar-refractivity contribution < 1.29 is 13.9 Å². The van der Waals surface area contributed by atoms with Gasteiger partial charge in [0.25, 0.3) is 11.9 Å². The number of amides is 1. The van der Waals surface area contributed by atoms with E-state index in [1.165, 1.54) is 0 Å². The van der Waals surface area contributed by atoms with Gasteiger partial charge in [-0.1, -0.05) is 11.6 Å². The first kappa shape index (κ1) is 18.5. The van der Waals surface area contributed by atoms with Gasteiger partial charge < -0.3 is 24.7 Å². The standard InChI is InChI=1S/C21H23ClN4O3/c1-2-28-18-7-13(5-6-23-18)19(27)24-15-9-21(10-15)11-26(12-21)20-25-16-8-14(22)3-4-17(16)29-20/h3-8,15,18,23H,2,9-12H2,1H3,(H,24,27). The van der Waals surface area contributed by atoms with E-state index in [1.54, 1.807) is 18.3 Å². The number of aromatic nitrogens is 1. The van der Waals surface area contributed by atoms with Crippen LogP contribution in [0.2, 0.25) is 5.02 Å². The van der Waals surface area contributed by atoms with Crippen LogP contribution in [-0.2, 0) is 9.53 Å². The summed E-state index contributed by atoms with van der Waals surface area (Å²) in [5.41, 5.74) is 2.42. The lowest BCUT2D eigenvalue weighted by Gasteiger charge is -2.58. The summed E-state index contributed by atoms with van der Waals surface area (Å²) >= 11 is 6.02. The fourth-order valence-electron chi connectivity index (χ4n) is 4.46. The molecule has 0 bridgehead atoms. The number of hydrogen-bond acceptors (Lipinski definition) is 6. The zero-order chi connectivity index (χ0) is 20.0. The number of halogens is 1. The third kappa shape index (κ3) is 3.49. The molecule has 1 aliphatic carbocycles. The number of carbonyl (C=O) groups excluding carboxylic acids is 1. The van der Waals surface area contributed by atoms with Crippen LogP contribution in [0.4, 0.5) is 6.01 Å². The van der Waals surface area contributed by atoms with E-state index in [2.05, 4.69) is 20.5 Å². The molecule has 7 nitrogen and oxygen atoms in total. The van der Waals surface area contributed by atoms with E-state index in [0.717, 1.165) is 37.0 Å². The van der Waals surface area contributed by atoms with Crippen LogP contribution in [0.1, 0.15) is 19.8 Å². The van der Waals surface area contributed by atoms with Crippen molar-refractivity contribution in [1.82, 2.24) is 15.6 Å². The monoisotopic (exact) mass is 414 g/mol. The lowest BCUT2D eigenvalue weighted by atomic mass is 9.60. The lowest BCUT2D eigenvalue weighted by Crippen LogP contribution is -2.66. The highest BCUT2D eigenvalue weighted by Gasteiger charge is 2.53. The molecule has 8 heteroatoms. The highest BCUT2D eigenvalue weighted by molar-refractivity contribution is 6.31. The zero-order valence-corrected chi connectivity index (χ0v) is 16.9. The molecule has 1 saturated carbocycles. The molecular formula is C21H23ClN4O3. The Morgan fingerprint density at radius 2 is 2.28 bits per heavy atom. The van der Waals surface area contributed by atoms with Crippen LogP contribution in [0.5, 0.6) is 0 Å². The van der Waals surface area contributed by atoms with Gasteiger partial charge in [0.1, 0.15) is 11.7 Å². The number of anilines is 1. The summed E-state index contributed by atoms with van der Waals surface area (Å²) in [5.74, 6) is -0.0423. The number of oxazole rings is 1. The Morgan fingerprint density at radius 1 is 1.45 bits per heavy atom. The molecule has 2 aliphatic heterocycles. The summed E-state index contributed by atoms with van der Waals surface area (Å²) in [4.78, 5) is 19.2. The molecule has 1 amide bonds. The van der Waals surface area contributed by atoms with Crippen molar-refractivity contribution in [2.75, 3.05) is 24.6 Å². The van der Waals surface area contributed by atoms with Gasteiger partial charge in [0, 0.05) is 41.7 Å².